The van der Waals surface area contributed by atoms with E-state index in [-0.39, 0.29) is 0 Å². The Morgan fingerprint density at radius 1 is 1.12 bits per heavy atom. The van der Waals surface area contributed by atoms with Gasteiger partial charge in [-0.1, -0.05) is 17.7 Å². The van der Waals surface area contributed by atoms with Gasteiger partial charge < -0.3 is 9.47 Å². The Bertz CT molecular complexity index is 1080. The van der Waals surface area contributed by atoms with E-state index in [2.05, 4.69) is 67.6 Å². The molecule has 5 rings (SSSR count). The van der Waals surface area contributed by atoms with Crippen LogP contribution in [0.3, 0.4) is 0 Å². The number of hydrogen-bond acceptors (Lipinski definition) is 2. The summed E-state index contributed by atoms with van der Waals surface area (Å²) in [5.74, 6) is 0. The van der Waals surface area contributed by atoms with Gasteiger partial charge in [-0.15, -0.1) is 0 Å². The van der Waals surface area contributed by atoms with Crippen LogP contribution in [0, 0.1) is 13.8 Å². The number of rotatable bonds is 1. The molecule has 0 atom stereocenters. The topological polar surface area (TPSA) is 21.1 Å². The third kappa shape index (κ3) is 2.20. The first-order chi connectivity index (χ1) is 12.5. The summed E-state index contributed by atoms with van der Waals surface area (Å²) in [5.41, 5.74) is 12.2. The minimum Gasteiger partial charge on any atom is -0.317 e. The monoisotopic (exact) mass is 343 g/mol. The zero-order valence-corrected chi connectivity index (χ0v) is 16.1. The number of nitrogens with zero attached hydrogens (tertiary/aromatic N) is 3. The molecule has 1 aromatic carbocycles. The summed E-state index contributed by atoms with van der Waals surface area (Å²) in [6, 6.07) is 11.3. The highest BCUT2D eigenvalue weighted by Gasteiger charge is 2.28. The first kappa shape index (κ1) is 15.8. The van der Waals surface area contributed by atoms with Crippen LogP contribution in [-0.2, 0) is 19.4 Å². The van der Waals surface area contributed by atoms with E-state index in [0.717, 1.165) is 31.6 Å². The molecular formula is C23H25N3. The van der Waals surface area contributed by atoms with Gasteiger partial charge in [-0.05, 0) is 57.2 Å². The number of aromatic nitrogens is 2. The van der Waals surface area contributed by atoms with Crippen molar-refractivity contribution < 1.29 is 0 Å². The SMILES string of the molecule is C/C(=C1/Cc2nc(C)ccc21)n1c2c(c3cc(C)ccc31)CN(C)CC2. The summed E-state index contributed by atoms with van der Waals surface area (Å²) < 4.78 is 2.54. The van der Waals surface area contributed by atoms with Crippen LogP contribution in [0.1, 0.15) is 40.7 Å². The predicted molar refractivity (Wildman–Crippen MR) is 108 cm³/mol. The van der Waals surface area contributed by atoms with Crippen molar-refractivity contribution in [1.82, 2.24) is 14.5 Å². The van der Waals surface area contributed by atoms with Crippen molar-refractivity contribution >= 4 is 22.2 Å². The number of pyridine rings is 1. The minimum absolute atomic E-state index is 0.989. The molecule has 3 nitrogen and oxygen atoms in total. The molecule has 2 aromatic heterocycles. The molecule has 0 unspecified atom stereocenters. The van der Waals surface area contributed by atoms with Crippen molar-refractivity contribution in [3.05, 3.63) is 64.1 Å². The molecule has 0 spiro atoms. The zero-order chi connectivity index (χ0) is 18.0. The first-order valence-electron chi connectivity index (χ1n) is 9.51. The fourth-order valence-electron chi connectivity index (χ4n) is 4.62. The third-order valence-electron chi connectivity index (χ3n) is 6.05. The highest BCUT2D eigenvalue weighted by Crippen LogP contribution is 2.40. The average molecular weight is 343 g/mol. The van der Waals surface area contributed by atoms with E-state index in [1.165, 1.54) is 50.3 Å². The van der Waals surface area contributed by atoms with Gasteiger partial charge in [-0.3, -0.25) is 4.98 Å². The lowest BCUT2D eigenvalue weighted by molar-refractivity contribution is 0.311. The lowest BCUT2D eigenvalue weighted by Crippen LogP contribution is -2.27. The quantitative estimate of drug-likeness (QED) is 0.644. The second kappa shape index (κ2) is 5.55. The predicted octanol–water partition coefficient (Wildman–Crippen LogP) is 4.59. The number of allylic oxidation sites excluding steroid dienone is 2. The molecule has 3 heteroatoms. The molecule has 0 saturated heterocycles. The van der Waals surface area contributed by atoms with Gasteiger partial charge in [-0.25, -0.2) is 0 Å². The molecule has 2 aliphatic rings. The summed E-state index contributed by atoms with van der Waals surface area (Å²) in [4.78, 5) is 7.13. The molecule has 3 heterocycles. The van der Waals surface area contributed by atoms with Crippen LogP contribution in [0.25, 0.3) is 22.2 Å². The van der Waals surface area contributed by atoms with Gasteiger partial charge in [0.05, 0.1) is 11.2 Å². The smallest absolute Gasteiger partial charge is 0.0531 e. The Labute approximate surface area is 155 Å². The number of aryl methyl sites for hydroxylation is 2. The van der Waals surface area contributed by atoms with Gasteiger partial charge >= 0.3 is 0 Å². The van der Waals surface area contributed by atoms with Crippen LogP contribution in [0.2, 0.25) is 0 Å². The molecule has 0 N–H and O–H groups in total. The summed E-state index contributed by atoms with van der Waals surface area (Å²) in [7, 11) is 2.23. The van der Waals surface area contributed by atoms with Gasteiger partial charge in [0.2, 0.25) is 0 Å². The highest BCUT2D eigenvalue weighted by atomic mass is 15.1. The van der Waals surface area contributed by atoms with E-state index in [9.17, 15) is 0 Å². The van der Waals surface area contributed by atoms with Crippen LogP contribution in [0.4, 0.5) is 0 Å². The highest BCUT2D eigenvalue weighted by molar-refractivity contribution is 5.96. The molecule has 1 aliphatic carbocycles. The molecular weight excluding hydrogens is 318 g/mol. The van der Waals surface area contributed by atoms with Crippen LogP contribution < -0.4 is 0 Å². The summed E-state index contributed by atoms with van der Waals surface area (Å²) in [5, 5.41) is 1.42. The van der Waals surface area contributed by atoms with Crippen LogP contribution in [0.15, 0.2) is 30.3 Å². The van der Waals surface area contributed by atoms with Crippen molar-refractivity contribution in [1.29, 1.82) is 0 Å². The second-order valence-corrected chi connectivity index (χ2v) is 7.96. The molecule has 0 fully saturated rings. The van der Waals surface area contributed by atoms with Crippen molar-refractivity contribution in [2.75, 3.05) is 13.6 Å². The standard InChI is InChI=1S/C23H25N3/c1-14-5-8-22-19(11-14)20-13-25(4)10-9-23(20)26(22)16(3)18-12-21-17(18)7-6-15(2)24-21/h5-8,11H,9-10,12-13H2,1-4H3/b18-16+. The maximum absolute atomic E-state index is 4.70. The van der Waals surface area contributed by atoms with E-state index in [0.29, 0.717) is 0 Å². The largest absolute Gasteiger partial charge is 0.317 e. The van der Waals surface area contributed by atoms with Gasteiger partial charge in [0.25, 0.3) is 0 Å². The maximum Gasteiger partial charge on any atom is 0.0531 e. The normalized spacial score (nSPS) is 18.5. The van der Waals surface area contributed by atoms with E-state index in [1.54, 1.807) is 0 Å². The summed E-state index contributed by atoms with van der Waals surface area (Å²) in [6.07, 6.45) is 2.10. The summed E-state index contributed by atoms with van der Waals surface area (Å²) >= 11 is 0. The van der Waals surface area contributed by atoms with Gasteiger partial charge in [-0.2, -0.15) is 0 Å². The molecule has 3 aromatic rings. The lowest BCUT2D eigenvalue weighted by Gasteiger charge is -2.28. The van der Waals surface area contributed by atoms with E-state index < -0.39 is 0 Å². The molecule has 26 heavy (non-hydrogen) atoms. The van der Waals surface area contributed by atoms with Gasteiger partial charge in [0.1, 0.15) is 0 Å². The Kier molecular flexibility index (Phi) is 3.38. The van der Waals surface area contributed by atoms with Gasteiger partial charge in [0.15, 0.2) is 0 Å². The van der Waals surface area contributed by atoms with E-state index >= 15 is 0 Å². The maximum atomic E-state index is 4.70. The zero-order valence-electron chi connectivity index (χ0n) is 16.1. The summed E-state index contributed by atoms with van der Waals surface area (Å²) in [6.45, 7) is 8.72. The molecule has 0 bridgehead atoms. The first-order valence-corrected chi connectivity index (χ1v) is 9.51. The van der Waals surface area contributed by atoms with E-state index in [4.69, 9.17) is 4.98 Å². The number of benzene rings is 1. The van der Waals surface area contributed by atoms with Crippen LogP contribution in [-0.4, -0.2) is 28.0 Å². The van der Waals surface area contributed by atoms with Crippen LogP contribution in [0.5, 0.6) is 0 Å². The van der Waals surface area contributed by atoms with Gasteiger partial charge in [0, 0.05) is 54.0 Å². The van der Waals surface area contributed by atoms with Crippen molar-refractivity contribution in [3.63, 3.8) is 0 Å². The molecule has 0 radical (unpaired) electrons. The Morgan fingerprint density at radius 3 is 2.77 bits per heavy atom. The third-order valence-corrected chi connectivity index (χ3v) is 6.05. The second-order valence-electron chi connectivity index (χ2n) is 7.96. The van der Waals surface area contributed by atoms with Crippen molar-refractivity contribution in [2.24, 2.45) is 0 Å². The number of fused-ring (bicyclic) bond motifs is 4. The average Bonchev–Trinajstić information content (AvgIpc) is 2.90. The fourth-order valence-corrected chi connectivity index (χ4v) is 4.62. The van der Waals surface area contributed by atoms with E-state index in [1.807, 2.05) is 0 Å². The fraction of sp³-hybridized carbons (Fsp3) is 0.348. The van der Waals surface area contributed by atoms with Crippen molar-refractivity contribution in [3.8, 4) is 0 Å². The molecule has 0 saturated carbocycles. The Morgan fingerprint density at radius 2 is 1.96 bits per heavy atom. The molecule has 1 aliphatic heterocycles. The molecule has 132 valence electrons. The van der Waals surface area contributed by atoms with Crippen molar-refractivity contribution in [2.45, 2.75) is 40.2 Å². The minimum atomic E-state index is 0.989. The van der Waals surface area contributed by atoms with Crippen LogP contribution >= 0.6 is 0 Å². The Balaban J connectivity index is 1.75. The molecule has 0 amide bonds. The number of hydrogen-bond donors (Lipinski definition) is 0. The Hall–Kier alpha value is -2.39. The number of likely N-dealkylation sites (N-methyl/N-ethyl adjacent to an activating group) is 1. The lowest BCUT2D eigenvalue weighted by atomic mass is 9.85.